The molecule has 0 aliphatic carbocycles. The smallest absolute Gasteiger partial charge is 0.151 e. The monoisotopic (exact) mass is 249 g/mol. The van der Waals surface area contributed by atoms with Gasteiger partial charge in [-0.1, -0.05) is 20.8 Å². The Kier molecular flexibility index (Phi) is 7.24. The molecule has 0 saturated carbocycles. The van der Waals surface area contributed by atoms with Gasteiger partial charge < -0.3 is 5.32 Å². The first-order valence-electron chi connectivity index (χ1n) is 6.23. The summed E-state index contributed by atoms with van der Waals surface area (Å²) in [6.07, 6.45) is 2.29. The first-order valence-corrected chi connectivity index (χ1v) is 8.05. The Labute approximate surface area is 101 Å². The molecule has 1 N–H and O–H groups in total. The standard InChI is InChI=1S/C12H27NO2S/c1-6-16(14,15)9-12(5)13-11(4)8-7-10(2)3/h10-13H,6-9H2,1-5H3. The van der Waals surface area contributed by atoms with Crippen LogP contribution in [0.1, 0.15) is 47.5 Å². The second kappa shape index (κ2) is 7.28. The number of hydrogen-bond donors (Lipinski definition) is 1. The Morgan fingerprint density at radius 3 is 2.00 bits per heavy atom. The van der Waals surface area contributed by atoms with Gasteiger partial charge in [-0.2, -0.15) is 0 Å². The molecule has 0 aliphatic rings. The molecule has 0 aliphatic heterocycles. The van der Waals surface area contributed by atoms with E-state index in [0.717, 1.165) is 6.42 Å². The van der Waals surface area contributed by atoms with Crippen LogP contribution in [0.25, 0.3) is 0 Å². The average Bonchev–Trinajstić information content (AvgIpc) is 2.13. The molecule has 0 fully saturated rings. The maximum atomic E-state index is 11.4. The van der Waals surface area contributed by atoms with Crippen molar-refractivity contribution >= 4 is 9.84 Å². The maximum absolute atomic E-state index is 11.4. The van der Waals surface area contributed by atoms with Crippen molar-refractivity contribution in [3.8, 4) is 0 Å². The third-order valence-corrected chi connectivity index (χ3v) is 4.58. The highest BCUT2D eigenvalue weighted by atomic mass is 32.2. The van der Waals surface area contributed by atoms with Gasteiger partial charge in [0, 0.05) is 17.8 Å². The van der Waals surface area contributed by atoms with E-state index >= 15 is 0 Å². The molecular formula is C12H27NO2S. The van der Waals surface area contributed by atoms with Crippen molar-refractivity contribution in [2.45, 2.75) is 59.5 Å². The Hall–Kier alpha value is -0.0900. The Bertz CT molecular complexity index is 273. The van der Waals surface area contributed by atoms with Crippen LogP contribution in [0.4, 0.5) is 0 Å². The van der Waals surface area contributed by atoms with Gasteiger partial charge in [-0.25, -0.2) is 8.42 Å². The summed E-state index contributed by atoms with van der Waals surface area (Å²) in [5.41, 5.74) is 0. The molecule has 3 nitrogen and oxygen atoms in total. The largest absolute Gasteiger partial charge is 0.311 e. The molecule has 0 aromatic rings. The van der Waals surface area contributed by atoms with Crippen molar-refractivity contribution < 1.29 is 8.42 Å². The fraction of sp³-hybridized carbons (Fsp3) is 1.00. The summed E-state index contributed by atoms with van der Waals surface area (Å²) in [4.78, 5) is 0. The summed E-state index contributed by atoms with van der Waals surface area (Å²) in [5.74, 6) is 1.19. The van der Waals surface area contributed by atoms with Crippen molar-refractivity contribution in [3.63, 3.8) is 0 Å². The molecule has 0 bridgehead atoms. The molecule has 0 aromatic heterocycles. The van der Waals surface area contributed by atoms with E-state index in [-0.39, 0.29) is 17.5 Å². The lowest BCUT2D eigenvalue weighted by atomic mass is 10.0. The summed E-state index contributed by atoms with van der Waals surface area (Å²) in [7, 11) is -2.86. The van der Waals surface area contributed by atoms with Crippen molar-refractivity contribution in [1.82, 2.24) is 5.32 Å². The van der Waals surface area contributed by atoms with Gasteiger partial charge in [-0.05, 0) is 32.6 Å². The second-order valence-corrected chi connectivity index (χ2v) is 7.54. The van der Waals surface area contributed by atoms with Crippen LogP contribution in [0.15, 0.2) is 0 Å². The second-order valence-electron chi connectivity index (χ2n) is 5.14. The van der Waals surface area contributed by atoms with Crippen LogP contribution >= 0.6 is 0 Å². The van der Waals surface area contributed by atoms with Gasteiger partial charge in [-0.3, -0.25) is 0 Å². The van der Waals surface area contributed by atoms with Crippen LogP contribution in [0.5, 0.6) is 0 Å². The molecule has 0 rings (SSSR count). The van der Waals surface area contributed by atoms with Gasteiger partial charge in [0.15, 0.2) is 9.84 Å². The average molecular weight is 249 g/mol. The highest BCUT2D eigenvalue weighted by Crippen LogP contribution is 2.07. The van der Waals surface area contributed by atoms with Crippen LogP contribution in [-0.2, 0) is 9.84 Å². The van der Waals surface area contributed by atoms with E-state index in [1.165, 1.54) is 6.42 Å². The van der Waals surface area contributed by atoms with E-state index in [0.29, 0.717) is 12.0 Å². The van der Waals surface area contributed by atoms with Crippen molar-refractivity contribution in [3.05, 3.63) is 0 Å². The minimum atomic E-state index is -2.86. The zero-order valence-electron chi connectivity index (χ0n) is 11.3. The van der Waals surface area contributed by atoms with E-state index < -0.39 is 9.84 Å². The summed E-state index contributed by atoms with van der Waals surface area (Å²) < 4.78 is 22.8. The van der Waals surface area contributed by atoms with E-state index in [2.05, 4.69) is 26.1 Å². The molecule has 2 unspecified atom stereocenters. The number of rotatable bonds is 8. The van der Waals surface area contributed by atoms with Crippen LogP contribution in [0.2, 0.25) is 0 Å². The van der Waals surface area contributed by atoms with Gasteiger partial charge >= 0.3 is 0 Å². The number of sulfone groups is 1. The van der Waals surface area contributed by atoms with Crippen LogP contribution in [0.3, 0.4) is 0 Å². The molecule has 0 saturated heterocycles. The Balaban J connectivity index is 3.91. The van der Waals surface area contributed by atoms with Gasteiger partial charge in [0.2, 0.25) is 0 Å². The van der Waals surface area contributed by atoms with Crippen molar-refractivity contribution in [2.75, 3.05) is 11.5 Å². The quantitative estimate of drug-likeness (QED) is 0.717. The fourth-order valence-corrected chi connectivity index (χ4v) is 2.79. The van der Waals surface area contributed by atoms with E-state index in [1.54, 1.807) is 6.92 Å². The Morgan fingerprint density at radius 1 is 1.00 bits per heavy atom. The third kappa shape index (κ3) is 8.11. The molecule has 16 heavy (non-hydrogen) atoms. The maximum Gasteiger partial charge on any atom is 0.151 e. The van der Waals surface area contributed by atoms with Crippen molar-refractivity contribution in [1.29, 1.82) is 0 Å². The van der Waals surface area contributed by atoms with E-state index in [1.807, 2.05) is 6.92 Å². The predicted molar refractivity (Wildman–Crippen MR) is 70.5 cm³/mol. The third-order valence-electron chi connectivity index (χ3n) is 2.69. The molecule has 0 radical (unpaired) electrons. The number of nitrogens with one attached hydrogen (secondary N) is 1. The minimum Gasteiger partial charge on any atom is -0.311 e. The zero-order valence-corrected chi connectivity index (χ0v) is 12.1. The summed E-state index contributed by atoms with van der Waals surface area (Å²) in [6.45, 7) is 10.2. The molecule has 2 atom stereocenters. The lowest BCUT2D eigenvalue weighted by Crippen LogP contribution is -2.39. The lowest BCUT2D eigenvalue weighted by Gasteiger charge is -2.20. The van der Waals surface area contributed by atoms with Gasteiger partial charge in [0.25, 0.3) is 0 Å². The lowest BCUT2D eigenvalue weighted by molar-refractivity contribution is 0.423. The normalized spacial score (nSPS) is 16.4. The first-order chi connectivity index (χ1) is 7.26. The molecule has 0 amide bonds. The summed E-state index contributed by atoms with van der Waals surface area (Å²) in [6, 6.07) is 0.441. The van der Waals surface area contributed by atoms with Gasteiger partial charge in [0.1, 0.15) is 0 Å². The topological polar surface area (TPSA) is 46.2 Å². The molecule has 0 spiro atoms. The first kappa shape index (κ1) is 15.9. The van der Waals surface area contributed by atoms with Crippen LogP contribution in [0, 0.1) is 5.92 Å². The molecule has 0 heterocycles. The predicted octanol–water partition coefficient (Wildman–Crippen LogP) is 2.22. The molecule has 4 heteroatoms. The van der Waals surface area contributed by atoms with Crippen LogP contribution < -0.4 is 5.32 Å². The van der Waals surface area contributed by atoms with E-state index in [4.69, 9.17) is 0 Å². The van der Waals surface area contributed by atoms with Gasteiger partial charge in [-0.15, -0.1) is 0 Å². The fourth-order valence-electron chi connectivity index (χ4n) is 1.70. The molecule has 0 aromatic carbocycles. The van der Waals surface area contributed by atoms with Crippen LogP contribution in [-0.4, -0.2) is 32.0 Å². The zero-order chi connectivity index (χ0) is 12.8. The molecular weight excluding hydrogens is 222 g/mol. The highest BCUT2D eigenvalue weighted by molar-refractivity contribution is 7.91. The summed E-state index contributed by atoms with van der Waals surface area (Å²) in [5, 5.41) is 3.35. The highest BCUT2D eigenvalue weighted by Gasteiger charge is 2.15. The van der Waals surface area contributed by atoms with Crippen molar-refractivity contribution in [2.24, 2.45) is 5.92 Å². The molecule has 98 valence electrons. The SMILES string of the molecule is CCS(=O)(=O)CC(C)NC(C)CCC(C)C. The minimum absolute atomic E-state index is 0.0483. The summed E-state index contributed by atoms with van der Waals surface area (Å²) >= 11 is 0. The van der Waals surface area contributed by atoms with Gasteiger partial charge in [0.05, 0.1) is 5.75 Å². The Morgan fingerprint density at radius 2 is 1.56 bits per heavy atom. The van der Waals surface area contributed by atoms with E-state index in [9.17, 15) is 8.42 Å². The number of hydrogen-bond acceptors (Lipinski definition) is 3.